The number of nitrogens with zero attached hydrogens (tertiary/aromatic N) is 2. The summed E-state index contributed by atoms with van der Waals surface area (Å²) in [6.07, 6.45) is -1.27. The van der Waals surface area contributed by atoms with Crippen LogP contribution in [0.1, 0.15) is 5.01 Å². The monoisotopic (exact) mass is 204 g/mol. The summed E-state index contributed by atoms with van der Waals surface area (Å²) < 4.78 is 0.751. The van der Waals surface area contributed by atoms with Crippen LogP contribution in [0, 0.1) is 6.92 Å². The molecule has 7 heteroatoms. The van der Waals surface area contributed by atoms with Gasteiger partial charge in [0.15, 0.2) is 4.34 Å². The van der Waals surface area contributed by atoms with Crippen LogP contribution in [0.3, 0.4) is 0 Å². The van der Waals surface area contributed by atoms with E-state index in [1.54, 1.807) is 0 Å². The zero-order chi connectivity index (χ0) is 8.97. The molecule has 0 bridgehead atoms. The molecule has 0 saturated heterocycles. The molecule has 0 atom stereocenters. The average Bonchev–Trinajstić information content (AvgIpc) is 2.35. The lowest BCUT2D eigenvalue weighted by Crippen LogP contribution is -2.18. The Hall–Kier alpha value is -0.820. The van der Waals surface area contributed by atoms with Gasteiger partial charge in [0.05, 0.1) is 5.88 Å². The maximum absolute atomic E-state index is 9.93. The van der Waals surface area contributed by atoms with Crippen molar-refractivity contribution in [2.24, 2.45) is 0 Å². The first-order chi connectivity index (χ1) is 5.68. The van der Waals surface area contributed by atoms with Gasteiger partial charge in [-0.1, -0.05) is 23.1 Å². The standard InChI is InChI=1S/C5H6N3O2S2/c1-3-7-8-5(12-3)11-2-6-4(9)10/h6H,2H2,1H3. The number of amides is 1. The normalized spacial score (nSPS) is 9.75. The van der Waals surface area contributed by atoms with Crippen molar-refractivity contribution in [2.75, 3.05) is 5.88 Å². The second-order valence-corrected chi connectivity index (χ2v) is 4.24. The van der Waals surface area contributed by atoms with Crippen molar-refractivity contribution in [3.8, 4) is 0 Å². The molecule has 0 saturated carbocycles. The Balaban J connectivity index is 2.29. The molecule has 0 aliphatic rings. The van der Waals surface area contributed by atoms with E-state index < -0.39 is 6.09 Å². The minimum absolute atomic E-state index is 0.247. The van der Waals surface area contributed by atoms with E-state index in [4.69, 9.17) is 0 Å². The van der Waals surface area contributed by atoms with Crippen LogP contribution in [0.25, 0.3) is 0 Å². The van der Waals surface area contributed by atoms with E-state index >= 15 is 0 Å². The number of hydrogen-bond donors (Lipinski definition) is 1. The predicted molar refractivity (Wildman–Crippen MR) is 44.6 cm³/mol. The van der Waals surface area contributed by atoms with Gasteiger partial charge in [-0.15, -0.1) is 10.2 Å². The van der Waals surface area contributed by atoms with E-state index in [1.165, 1.54) is 23.1 Å². The molecule has 0 fully saturated rings. The SMILES string of the molecule is Cc1nnc(SCNC([O])=O)s1. The smallest absolute Gasteiger partial charge is 0.309 e. The summed E-state index contributed by atoms with van der Waals surface area (Å²) in [5, 5.41) is 20.5. The van der Waals surface area contributed by atoms with Crippen LogP contribution in [0.4, 0.5) is 4.79 Å². The Kier molecular flexibility index (Phi) is 3.30. The molecule has 1 aromatic heterocycles. The first-order valence-electron chi connectivity index (χ1n) is 3.06. The quantitative estimate of drug-likeness (QED) is 0.589. The van der Waals surface area contributed by atoms with Crippen LogP contribution in [-0.4, -0.2) is 22.2 Å². The second kappa shape index (κ2) is 4.27. The highest BCUT2D eigenvalue weighted by Gasteiger charge is 2.02. The molecule has 0 unspecified atom stereocenters. The van der Waals surface area contributed by atoms with Gasteiger partial charge in [-0.3, -0.25) is 0 Å². The van der Waals surface area contributed by atoms with E-state index in [0.717, 1.165) is 9.35 Å². The Morgan fingerprint density at radius 2 is 2.42 bits per heavy atom. The van der Waals surface area contributed by atoms with Gasteiger partial charge in [-0.25, -0.2) is 9.90 Å². The van der Waals surface area contributed by atoms with Gasteiger partial charge in [0.25, 0.3) is 0 Å². The number of thioether (sulfide) groups is 1. The summed E-state index contributed by atoms with van der Waals surface area (Å²) >= 11 is 2.71. The van der Waals surface area contributed by atoms with Gasteiger partial charge in [0.1, 0.15) is 5.01 Å². The molecule has 0 aliphatic carbocycles. The van der Waals surface area contributed by atoms with Crippen molar-refractivity contribution in [3.05, 3.63) is 5.01 Å². The lowest BCUT2D eigenvalue weighted by atomic mass is 10.9. The Morgan fingerprint density at radius 3 is 2.92 bits per heavy atom. The average molecular weight is 204 g/mol. The third-order valence-corrected chi connectivity index (χ3v) is 2.77. The first-order valence-corrected chi connectivity index (χ1v) is 4.86. The van der Waals surface area contributed by atoms with Crippen LogP contribution < -0.4 is 5.32 Å². The van der Waals surface area contributed by atoms with Crippen LogP contribution >= 0.6 is 23.1 Å². The number of aromatic nitrogens is 2. The van der Waals surface area contributed by atoms with Gasteiger partial charge in [0, 0.05) is 0 Å². The molecule has 12 heavy (non-hydrogen) atoms. The molecule has 1 amide bonds. The van der Waals surface area contributed by atoms with Crippen LogP contribution in [0.2, 0.25) is 0 Å². The molecule has 1 rings (SSSR count). The zero-order valence-corrected chi connectivity index (χ0v) is 7.87. The number of aryl methyl sites for hydroxylation is 1. The summed E-state index contributed by atoms with van der Waals surface area (Å²) in [5.74, 6) is 0.247. The fourth-order valence-corrected chi connectivity index (χ4v) is 2.10. The molecule has 0 spiro atoms. The Bertz CT molecular complexity index is 275. The second-order valence-electron chi connectivity index (χ2n) is 1.84. The molecular formula is C5H6N3O2S2. The van der Waals surface area contributed by atoms with Crippen molar-refractivity contribution in [3.63, 3.8) is 0 Å². The molecule has 1 N–H and O–H groups in total. The number of rotatable bonds is 3. The van der Waals surface area contributed by atoms with E-state index in [-0.39, 0.29) is 5.88 Å². The topological polar surface area (TPSA) is 74.8 Å². The van der Waals surface area contributed by atoms with Crippen LogP contribution in [-0.2, 0) is 5.11 Å². The largest absolute Gasteiger partial charge is 0.451 e. The van der Waals surface area contributed by atoms with E-state index in [2.05, 4.69) is 15.5 Å². The first kappa shape index (κ1) is 9.27. The third kappa shape index (κ3) is 3.05. The molecule has 1 aromatic rings. The van der Waals surface area contributed by atoms with Crippen LogP contribution in [0.15, 0.2) is 4.34 Å². The number of nitrogens with one attached hydrogen (secondary N) is 1. The number of hydrogen-bond acceptors (Lipinski definition) is 5. The van der Waals surface area contributed by atoms with E-state index in [0.29, 0.717) is 0 Å². The summed E-state index contributed by atoms with van der Waals surface area (Å²) in [4.78, 5) is 9.93. The summed E-state index contributed by atoms with van der Waals surface area (Å²) in [6, 6.07) is 0. The molecular weight excluding hydrogens is 198 g/mol. The maximum Gasteiger partial charge on any atom is 0.451 e. The summed E-state index contributed by atoms with van der Waals surface area (Å²) in [5.41, 5.74) is 0. The lowest BCUT2D eigenvalue weighted by molar-refractivity contribution is 0.170. The number of carbonyl (C=O) groups is 1. The third-order valence-electron chi connectivity index (χ3n) is 0.920. The molecule has 65 valence electrons. The highest BCUT2D eigenvalue weighted by Crippen LogP contribution is 2.20. The highest BCUT2D eigenvalue weighted by atomic mass is 32.2. The van der Waals surface area contributed by atoms with Crippen molar-refractivity contribution in [2.45, 2.75) is 11.3 Å². The van der Waals surface area contributed by atoms with Crippen molar-refractivity contribution in [1.82, 2.24) is 15.5 Å². The van der Waals surface area contributed by atoms with Gasteiger partial charge >= 0.3 is 6.09 Å². The van der Waals surface area contributed by atoms with Crippen molar-refractivity contribution >= 4 is 29.2 Å². The molecule has 1 heterocycles. The van der Waals surface area contributed by atoms with Crippen molar-refractivity contribution < 1.29 is 9.90 Å². The van der Waals surface area contributed by atoms with E-state index in [1.807, 2.05) is 6.92 Å². The van der Waals surface area contributed by atoms with Gasteiger partial charge in [0.2, 0.25) is 0 Å². The lowest BCUT2D eigenvalue weighted by Gasteiger charge is -1.93. The Morgan fingerprint density at radius 1 is 1.67 bits per heavy atom. The highest BCUT2D eigenvalue weighted by molar-refractivity contribution is 8.00. The van der Waals surface area contributed by atoms with E-state index in [9.17, 15) is 9.90 Å². The van der Waals surface area contributed by atoms with Gasteiger partial charge < -0.3 is 5.32 Å². The summed E-state index contributed by atoms with van der Waals surface area (Å²) in [6.45, 7) is 1.84. The van der Waals surface area contributed by atoms with Gasteiger partial charge in [-0.2, -0.15) is 0 Å². The molecule has 0 aromatic carbocycles. The molecule has 0 aliphatic heterocycles. The summed E-state index contributed by atoms with van der Waals surface area (Å²) in [7, 11) is 0. The maximum atomic E-state index is 9.93. The fraction of sp³-hybridized carbons (Fsp3) is 0.400. The Labute approximate surface area is 77.2 Å². The minimum Gasteiger partial charge on any atom is -0.309 e. The zero-order valence-electron chi connectivity index (χ0n) is 6.23. The van der Waals surface area contributed by atoms with Gasteiger partial charge in [-0.05, 0) is 6.92 Å². The predicted octanol–water partition coefficient (Wildman–Crippen LogP) is 1.04. The minimum atomic E-state index is -1.27. The number of carbonyl (C=O) groups excluding carboxylic acids is 1. The fourth-order valence-electron chi connectivity index (χ4n) is 0.493. The molecule has 1 radical (unpaired) electrons. The van der Waals surface area contributed by atoms with Crippen molar-refractivity contribution in [1.29, 1.82) is 0 Å². The van der Waals surface area contributed by atoms with Crippen LogP contribution in [0.5, 0.6) is 0 Å². The molecule has 5 nitrogen and oxygen atoms in total.